The van der Waals surface area contributed by atoms with Gasteiger partial charge in [0.25, 0.3) is 0 Å². The van der Waals surface area contributed by atoms with Gasteiger partial charge in [-0.3, -0.25) is 9.69 Å². The van der Waals surface area contributed by atoms with Crippen LogP contribution in [0.3, 0.4) is 0 Å². The van der Waals surface area contributed by atoms with Crippen molar-refractivity contribution in [3.8, 4) is 5.75 Å². The highest BCUT2D eigenvalue weighted by Crippen LogP contribution is 2.35. The Morgan fingerprint density at radius 1 is 1.15 bits per heavy atom. The van der Waals surface area contributed by atoms with Crippen molar-refractivity contribution in [3.05, 3.63) is 64.7 Å². The maximum Gasteiger partial charge on any atom is 0.160 e. The van der Waals surface area contributed by atoms with Crippen molar-refractivity contribution in [3.63, 3.8) is 0 Å². The van der Waals surface area contributed by atoms with E-state index >= 15 is 0 Å². The predicted octanol–water partition coefficient (Wildman–Crippen LogP) is 5.24. The maximum absolute atomic E-state index is 11.8. The van der Waals surface area contributed by atoms with Crippen LogP contribution in [0.25, 0.3) is 0 Å². The van der Waals surface area contributed by atoms with Gasteiger partial charge in [-0.25, -0.2) is 4.39 Å². The minimum Gasteiger partial charge on any atom is -0.508 e. The monoisotopic (exact) mass is 373 g/mol. The lowest BCUT2D eigenvalue weighted by molar-refractivity contribution is -0.115. The molecule has 3 rings (SSSR count). The van der Waals surface area contributed by atoms with E-state index in [1.807, 2.05) is 19.9 Å². The van der Waals surface area contributed by atoms with E-state index in [1.165, 1.54) is 36.1 Å². The molecule has 1 heterocycles. The number of phenolic OH excluding ortho intramolecular Hbond substituents is 1. The molecule has 1 aliphatic heterocycles. The lowest BCUT2D eigenvalue weighted by Crippen LogP contribution is -2.32. The van der Waals surface area contributed by atoms with Gasteiger partial charge in [-0.15, -0.1) is 0 Å². The van der Waals surface area contributed by atoms with Crippen LogP contribution in [0.1, 0.15) is 56.0 Å². The summed E-state index contributed by atoms with van der Waals surface area (Å²) in [5.74, 6) is 0.367. The van der Waals surface area contributed by atoms with Gasteiger partial charge in [0.1, 0.15) is 5.75 Å². The number of aryl methyl sites for hydroxylation is 1. The summed E-state index contributed by atoms with van der Waals surface area (Å²) in [6, 6.07) is 14.8. The zero-order valence-electron chi connectivity index (χ0n) is 17.3. The van der Waals surface area contributed by atoms with Crippen molar-refractivity contribution >= 4 is 6.29 Å². The van der Waals surface area contributed by atoms with Crippen molar-refractivity contribution in [1.29, 1.82) is 0 Å². The summed E-state index contributed by atoms with van der Waals surface area (Å²) in [7, 11) is 2.17. The van der Waals surface area contributed by atoms with Crippen LogP contribution in [0, 0.1) is 6.92 Å². The maximum atomic E-state index is 11.8. The Kier molecular flexibility index (Phi) is 8.64. The normalized spacial score (nSPS) is 16.2. The molecule has 27 heavy (non-hydrogen) atoms. The van der Waals surface area contributed by atoms with E-state index in [1.54, 1.807) is 6.07 Å². The average Bonchev–Trinajstić information content (AvgIpc) is 2.64. The molecule has 0 radical (unpaired) electrons. The minimum absolute atomic E-state index is 0.271. The van der Waals surface area contributed by atoms with Gasteiger partial charge in [-0.2, -0.15) is 0 Å². The van der Waals surface area contributed by atoms with Crippen LogP contribution < -0.4 is 0 Å². The van der Waals surface area contributed by atoms with Crippen LogP contribution in [0.15, 0.2) is 42.5 Å². The van der Waals surface area contributed by atoms with E-state index in [2.05, 4.69) is 49.2 Å². The molecule has 1 N–H and O–H groups in total. The summed E-state index contributed by atoms with van der Waals surface area (Å²) in [6.45, 7) is 9.55. The van der Waals surface area contributed by atoms with Gasteiger partial charge in [0.2, 0.25) is 0 Å². The average molecular weight is 374 g/mol. The Morgan fingerprint density at radius 3 is 2.22 bits per heavy atom. The van der Waals surface area contributed by atoms with Crippen LogP contribution in [0.5, 0.6) is 5.75 Å². The van der Waals surface area contributed by atoms with Crippen molar-refractivity contribution in [1.82, 2.24) is 4.90 Å². The lowest BCUT2D eigenvalue weighted by Gasteiger charge is -2.35. The van der Waals surface area contributed by atoms with Gasteiger partial charge in [0.15, 0.2) is 12.0 Å². The third kappa shape index (κ3) is 6.79. The van der Waals surface area contributed by atoms with Gasteiger partial charge in [0.05, 0.1) is 6.04 Å². The van der Waals surface area contributed by atoms with Crippen molar-refractivity contribution in [2.45, 2.75) is 52.8 Å². The molecule has 0 amide bonds. The number of halogens is 1. The Balaban J connectivity index is 0.000000392. The molecule has 0 spiro atoms. The van der Waals surface area contributed by atoms with E-state index < -0.39 is 5.67 Å². The van der Waals surface area contributed by atoms with E-state index in [4.69, 9.17) is 0 Å². The fourth-order valence-electron chi connectivity index (χ4n) is 2.92. The van der Waals surface area contributed by atoms with Crippen LogP contribution in [0.4, 0.5) is 4.39 Å². The van der Waals surface area contributed by atoms with Crippen LogP contribution in [-0.4, -0.2) is 35.6 Å². The second kappa shape index (κ2) is 10.2. The molecule has 3 nitrogen and oxygen atoms in total. The number of rotatable bonds is 2. The molecule has 0 bridgehead atoms. The molecule has 0 fully saturated rings. The topological polar surface area (TPSA) is 40.5 Å². The zero-order valence-corrected chi connectivity index (χ0v) is 17.3. The number of fused-ring (bicyclic) bond motifs is 1. The number of alkyl halides is 1. The highest BCUT2D eigenvalue weighted by atomic mass is 19.1. The predicted molar refractivity (Wildman–Crippen MR) is 110 cm³/mol. The summed E-state index contributed by atoms with van der Waals surface area (Å²) in [6.07, 6.45) is 1.27. The smallest absolute Gasteiger partial charge is 0.160 e. The van der Waals surface area contributed by atoms with Gasteiger partial charge in [-0.05, 0) is 63.1 Å². The first-order valence-corrected chi connectivity index (χ1v) is 9.45. The summed E-state index contributed by atoms with van der Waals surface area (Å²) in [4.78, 5) is 11.8. The number of benzene rings is 2. The number of carbonyl (C=O) groups excluding carboxylic acids is 1. The molecular weight excluding hydrogens is 341 g/mol. The number of hydrogen-bond donors (Lipinski definition) is 1. The molecule has 0 saturated carbocycles. The van der Waals surface area contributed by atoms with Crippen LogP contribution >= 0.6 is 0 Å². The number of aromatic hydroxyl groups is 1. The molecule has 2 aromatic rings. The summed E-state index contributed by atoms with van der Waals surface area (Å²) in [5.41, 5.74) is 3.55. The second-order valence-corrected chi connectivity index (χ2v) is 7.11. The Hall–Kier alpha value is -2.20. The van der Waals surface area contributed by atoms with E-state index in [0.29, 0.717) is 11.8 Å². The Labute approximate surface area is 162 Å². The number of carbonyl (C=O) groups is 1. The molecule has 4 heteroatoms. The second-order valence-electron chi connectivity index (χ2n) is 7.11. The SMILES string of the molecule is CC.CC(C)(F)C=O.Cc1ccc(C2c3ccc(O)cc3CCN2C)cc1. The third-order valence-electron chi connectivity index (χ3n) is 4.27. The number of aldehydes is 1. The van der Waals surface area contributed by atoms with Gasteiger partial charge in [-0.1, -0.05) is 49.7 Å². The summed E-state index contributed by atoms with van der Waals surface area (Å²) >= 11 is 0. The molecular formula is C23H32FNO2. The van der Waals surface area contributed by atoms with Gasteiger partial charge >= 0.3 is 0 Å². The van der Waals surface area contributed by atoms with Crippen molar-refractivity contribution in [2.75, 3.05) is 13.6 Å². The summed E-state index contributed by atoms with van der Waals surface area (Å²) < 4.78 is 11.8. The molecule has 2 aromatic carbocycles. The van der Waals surface area contributed by atoms with E-state index in [-0.39, 0.29) is 6.29 Å². The summed E-state index contributed by atoms with van der Waals surface area (Å²) in [5, 5.41) is 9.63. The first kappa shape index (κ1) is 22.8. The Morgan fingerprint density at radius 2 is 1.70 bits per heavy atom. The molecule has 1 atom stereocenters. The molecule has 148 valence electrons. The lowest BCUT2D eigenvalue weighted by atomic mass is 9.88. The zero-order chi connectivity index (χ0) is 20.6. The largest absolute Gasteiger partial charge is 0.508 e. The van der Waals surface area contributed by atoms with E-state index in [9.17, 15) is 14.3 Å². The number of hydrogen-bond acceptors (Lipinski definition) is 3. The van der Waals surface area contributed by atoms with Gasteiger partial charge < -0.3 is 5.11 Å². The first-order valence-electron chi connectivity index (χ1n) is 9.45. The third-order valence-corrected chi connectivity index (χ3v) is 4.27. The van der Waals surface area contributed by atoms with Gasteiger partial charge in [0, 0.05) is 6.54 Å². The molecule has 0 saturated heterocycles. The minimum atomic E-state index is -1.64. The molecule has 1 aliphatic rings. The Bertz CT molecular complexity index is 720. The molecule has 0 aromatic heterocycles. The fourth-order valence-corrected chi connectivity index (χ4v) is 2.92. The number of likely N-dealkylation sites (N-methyl/N-ethyl adjacent to an activating group) is 1. The van der Waals surface area contributed by atoms with Crippen molar-refractivity contribution in [2.24, 2.45) is 0 Å². The van der Waals surface area contributed by atoms with Crippen molar-refractivity contribution < 1.29 is 14.3 Å². The number of nitrogens with zero attached hydrogens (tertiary/aromatic N) is 1. The molecule has 1 unspecified atom stereocenters. The van der Waals surface area contributed by atoms with Crippen LogP contribution in [-0.2, 0) is 11.2 Å². The first-order chi connectivity index (χ1) is 12.7. The van der Waals surface area contributed by atoms with E-state index in [0.717, 1.165) is 13.0 Å². The fraction of sp³-hybridized carbons (Fsp3) is 0.435. The standard InChI is InChI=1S/C17H19NO.C4H7FO.C2H6/c1-12-3-5-13(6-4-12)17-16-8-7-15(19)11-14(16)9-10-18(17)2;1-4(2,5)3-6;1-2/h3-8,11,17,19H,9-10H2,1-2H3;3H,1-2H3;1-2H3. The highest BCUT2D eigenvalue weighted by molar-refractivity contribution is 5.60. The molecule has 0 aliphatic carbocycles. The quantitative estimate of drug-likeness (QED) is 0.732. The highest BCUT2D eigenvalue weighted by Gasteiger charge is 2.26. The van der Waals surface area contributed by atoms with Crippen LogP contribution in [0.2, 0.25) is 0 Å². The number of phenols is 1.